The van der Waals surface area contributed by atoms with Gasteiger partial charge in [0.15, 0.2) is 23.1 Å². The largest absolute Gasteiger partial charge is 0.440 e. The Morgan fingerprint density at radius 3 is 2.74 bits per heavy atom. The highest BCUT2D eigenvalue weighted by atomic mass is 19.1. The van der Waals surface area contributed by atoms with E-state index in [0.29, 0.717) is 28.3 Å². The SMILES string of the molecule is Cc1nc(CO)c(-c2c(-c3ccccc3C#N)nc(N)n3nc(Cc4ncccc4F)nc23)o1. The van der Waals surface area contributed by atoms with Crippen molar-refractivity contribution in [3.05, 3.63) is 77.1 Å². The number of halogens is 1. The van der Waals surface area contributed by atoms with Gasteiger partial charge in [0.05, 0.1) is 41.6 Å². The fourth-order valence-electron chi connectivity index (χ4n) is 3.74. The van der Waals surface area contributed by atoms with Gasteiger partial charge in [0.2, 0.25) is 5.95 Å². The van der Waals surface area contributed by atoms with Gasteiger partial charge in [-0.25, -0.2) is 19.3 Å². The molecule has 1 aromatic carbocycles. The predicted octanol–water partition coefficient (Wildman–Crippen LogP) is 2.83. The van der Waals surface area contributed by atoms with Gasteiger partial charge in [0.25, 0.3) is 0 Å². The summed E-state index contributed by atoms with van der Waals surface area (Å²) in [6.45, 7) is 1.25. The number of aromatic nitrogens is 6. The molecule has 4 aromatic heterocycles. The molecular weight excluding hydrogens is 439 g/mol. The molecule has 0 aliphatic heterocycles. The zero-order valence-corrected chi connectivity index (χ0v) is 17.9. The summed E-state index contributed by atoms with van der Waals surface area (Å²) in [6, 6.07) is 11.8. The summed E-state index contributed by atoms with van der Waals surface area (Å²) in [5, 5.41) is 24.0. The van der Waals surface area contributed by atoms with Gasteiger partial charge in [-0.1, -0.05) is 18.2 Å². The van der Waals surface area contributed by atoms with E-state index in [-0.39, 0.29) is 41.0 Å². The molecule has 0 atom stereocenters. The van der Waals surface area contributed by atoms with Gasteiger partial charge in [-0.2, -0.15) is 9.78 Å². The Bertz CT molecular complexity index is 1580. The van der Waals surface area contributed by atoms with Crippen LogP contribution in [0.4, 0.5) is 10.3 Å². The minimum atomic E-state index is -0.482. The van der Waals surface area contributed by atoms with Crippen molar-refractivity contribution in [2.75, 3.05) is 5.73 Å². The van der Waals surface area contributed by atoms with Gasteiger partial charge < -0.3 is 15.3 Å². The Morgan fingerprint density at radius 1 is 1.15 bits per heavy atom. The van der Waals surface area contributed by atoms with Crippen molar-refractivity contribution in [3.63, 3.8) is 0 Å². The standard InChI is InChI=1S/C23H17FN8O2/c1-12-28-17(11-33)21(34-12)19-20(14-6-3-2-5-13(14)10-25)30-23(26)32-22(19)29-18(31-32)9-16-15(24)7-4-8-27-16/h2-8,33H,9,11H2,1H3,(H2,26,30). The first-order valence-electron chi connectivity index (χ1n) is 10.2. The van der Waals surface area contributed by atoms with Gasteiger partial charge in [-0.05, 0) is 18.2 Å². The van der Waals surface area contributed by atoms with Crippen LogP contribution in [0.25, 0.3) is 28.2 Å². The lowest BCUT2D eigenvalue weighted by atomic mass is 9.99. The summed E-state index contributed by atoms with van der Waals surface area (Å²) in [5.41, 5.74) is 8.44. The van der Waals surface area contributed by atoms with Crippen LogP contribution >= 0.6 is 0 Å². The highest BCUT2D eigenvalue weighted by Gasteiger charge is 2.26. The quantitative estimate of drug-likeness (QED) is 0.406. The lowest BCUT2D eigenvalue weighted by Crippen LogP contribution is -2.07. The third kappa shape index (κ3) is 3.52. The number of nitrogens with two attached hydrogens (primary N) is 1. The second kappa shape index (κ2) is 8.34. The number of anilines is 1. The zero-order valence-electron chi connectivity index (χ0n) is 17.9. The van der Waals surface area contributed by atoms with Crippen LogP contribution in [0.1, 0.15) is 28.7 Å². The first-order valence-corrected chi connectivity index (χ1v) is 10.2. The summed E-state index contributed by atoms with van der Waals surface area (Å²) in [4.78, 5) is 17.4. The van der Waals surface area contributed by atoms with E-state index in [1.54, 1.807) is 31.2 Å². The lowest BCUT2D eigenvalue weighted by molar-refractivity contribution is 0.277. The van der Waals surface area contributed by atoms with E-state index in [4.69, 9.17) is 10.2 Å². The Kier molecular flexibility index (Phi) is 5.19. The second-order valence-electron chi connectivity index (χ2n) is 7.39. The maximum Gasteiger partial charge on any atom is 0.223 e. The van der Waals surface area contributed by atoms with E-state index in [1.807, 2.05) is 0 Å². The Balaban J connectivity index is 1.82. The van der Waals surface area contributed by atoms with Crippen LogP contribution in [0.15, 0.2) is 47.0 Å². The highest BCUT2D eigenvalue weighted by Crippen LogP contribution is 2.38. The summed E-state index contributed by atoms with van der Waals surface area (Å²) < 4.78 is 21.3. The number of aliphatic hydroxyl groups excluding tert-OH is 1. The number of nitrogen functional groups attached to an aromatic ring is 1. The molecule has 0 unspecified atom stereocenters. The highest BCUT2D eigenvalue weighted by molar-refractivity contribution is 5.91. The fourth-order valence-corrected chi connectivity index (χ4v) is 3.74. The van der Waals surface area contributed by atoms with E-state index in [0.717, 1.165) is 0 Å². The molecule has 0 spiro atoms. The molecule has 0 saturated carbocycles. The topological polar surface area (TPSA) is 152 Å². The van der Waals surface area contributed by atoms with E-state index < -0.39 is 12.4 Å². The molecule has 4 heterocycles. The number of aryl methyl sites for hydroxylation is 1. The summed E-state index contributed by atoms with van der Waals surface area (Å²) >= 11 is 0. The zero-order chi connectivity index (χ0) is 23.8. The van der Waals surface area contributed by atoms with Gasteiger partial charge in [-0.15, -0.1) is 5.10 Å². The van der Waals surface area contributed by atoms with Crippen LogP contribution < -0.4 is 5.73 Å². The Hall–Kier alpha value is -4.69. The summed E-state index contributed by atoms with van der Waals surface area (Å²) in [5.74, 6) is 0.320. The minimum absolute atomic E-state index is 0.00326. The molecule has 0 bridgehead atoms. The van der Waals surface area contributed by atoms with Crippen molar-refractivity contribution in [1.82, 2.24) is 29.5 Å². The van der Waals surface area contributed by atoms with Crippen LogP contribution in [0.3, 0.4) is 0 Å². The van der Waals surface area contributed by atoms with E-state index in [2.05, 4.69) is 31.1 Å². The second-order valence-corrected chi connectivity index (χ2v) is 7.39. The summed E-state index contributed by atoms with van der Waals surface area (Å²) in [6.07, 6.45) is 1.50. The maximum atomic E-state index is 14.2. The van der Waals surface area contributed by atoms with Crippen LogP contribution in [0.5, 0.6) is 0 Å². The average molecular weight is 456 g/mol. The molecule has 0 amide bonds. The van der Waals surface area contributed by atoms with Crippen molar-refractivity contribution in [2.24, 2.45) is 0 Å². The van der Waals surface area contributed by atoms with Crippen LogP contribution in [0.2, 0.25) is 0 Å². The fraction of sp³-hybridized carbons (Fsp3) is 0.130. The molecule has 5 aromatic rings. The molecule has 0 fully saturated rings. The third-order valence-electron chi connectivity index (χ3n) is 5.20. The number of pyridine rings is 1. The molecule has 5 rings (SSSR count). The van der Waals surface area contributed by atoms with Gasteiger partial charge in [0, 0.05) is 18.7 Å². The molecule has 0 aliphatic rings. The van der Waals surface area contributed by atoms with Crippen LogP contribution in [0, 0.1) is 24.1 Å². The molecule has 0 radical (unpaired) electrons. The van der Waals surface area contributed by atoms with E-state index in [1.165, 1.54) is 22.8 Å². The van der Waals surface area contributed by atoms with E-state index in [9.17, 15) is 14.8 Å². The van der Waals surface area contributed by atoms with Crippen molar-refractivity contribution in [2.45, 2.75) is 20.0 Å². The number of rotatable bonds is 5. The lowest BCUT2D eigenvalue weighted by Gasteiger charge is -2.11. The third-order valence-corrected chi connectivity index (χ3v) is 5.20. The van der Waals surface area contributed by atoms with E-state index >= 15 is 0 Å². The molecule has 3 N–H and O–H groups in total. The molecule has 168 valence electrons. The van der Waals surface area contributed by atoms with Gasteiger partial charge >= 0.3 is 0 Å². The van der Waals surface area contributed by atoms with Crippen molar-refractivity contribution >= 4 is 11.6 Å². The molecule has 34 heavy (non-hydrogen) atoms. The Labute approximate surface area is 192 Å². The number of aliphatic hydroxyl groups is 1. The first kappa shape index (κ1) is 21.2. The number of nitrogens with zero attached hydrogens (tertiary/aromatic N) is 7. The number of fused-ring (bicyclic) bond motifs is 1. The van der Waals surface area contributed by atoms with Crippen LogP contribution in [-0.4, -0.2) is 34.7 Å². The molecule has 10 nitrogen and oxygen atoms in total. The van der Waals surface area contributed by atoms with Crippen molar-refractivity contribution in [1.29, 1.82) is 5.26 Å². The van der Waals surface area contributed by atoms with Gasteiger partial charge in [0.1, 0.15) is 11.5 Å². The number of benzene rings is 1. The van der Waals surface area contributed by atoms with Crippen molar-refractivity contribution in [3.8, 4) is 28.7 Å². The van der Waals surface area contributed by atoms with Crippen LogP contribution in [-0.2, 0) is 13.0 Å². The maximum absolute atomic E-state index is 14.2. The average Bonchev–Trinajstić information content (AvgIpc) is 3.44. The molecular formula is C23H17FN8O2. The minimum Gasteiger partial charge on any atom is -0.440 e. The number of nitriles is 1. The molecule has 0 aliphatic carbocycles. The predicted molar refractivity (Wildman–Crippen MR) is 119 cm³/mol. The number of hydrogen-bond donors (Lipinski definition) is 2. The molecule has 0 saturated heterocycles. The number of oxazole rings is 1. The number of hydrogen-bond acceptors (Lipinski definition) is 9. The first-order chi connectivity index (χ1) is 16.5. The monoisotopic (exact) mass is 456 g/mol. The normalized spacial score (nSPS) is 11.1. The van der Waals surface area contributed by atoms with Crippen molar-refractivity contribution < 1.29 is 13.9 Å². The molecule has 11 heteroatoms. The Morgan fingerprint density at radius 2 is 1.97 bits per heavy atom. The summed E-state index contributed by atoms with van der Waals surface area (Å²) in [7, 11) is 0. The van der Waals surface area contributed by atoms with Gasteiger partial charge in [-0.3, -0.25) is 4.98 Å². The smallest absolute Gasteiger partial charge is 0.223 e.